The van der Waals surface area contributed by atoms with Crippen molar-refractivity contribution in [1.29, 1.82) is 0 Å². The predicted molar refractivity (Wildman–Crippen MR) is 67.5 cm³/mol. The summed E-state index contributed by atoms with van der Waals surface area (Å²) in [4.78, 5) is 0. The van der Waals surface area contributed by atoms with E-state index in [1.165, 1.54) is 19.3 Å². The molecule has 0 N–H and O–H groups in total. The van der Waals surface area contributed by atoms with E-state index in [0.717, 1.165) is 31.0 Å². The highest BCUT2D eigenvalue weighted by Crippen LogP contribution is 2.47. The highest BCUT2D eigenvalue weighted by Gasteiger charge is 2.44. The Balaban J connectivity index is 2.85. The molecule has 1 fully saturated rings. The van der Waals surface area contributed by atoms with E-state index in [1.807, 2.05) is 14.2 Å². The van der Waals surface area contributed by atoms with Gasteiger partial charge in [-0.15, -0.1) is 0 Å². The van der Waals surface area contributed by atoms with Gasteiger partial charge in [0.1, 0.15) is 0 Å². The van der Waals surface area contributed by atoms with Crippen molar-refractivity contribution in [2.45, 2.75) is 40.0 Å². The van der Waals surface area contributed by atoms with Crippen molar-refractivity contribution in [1.82, 2.24) is 0 Å². The van der Waals surface area contributed by atoms with Crippen LogP contribution in [0.25, 0.3) is 0 Å². The van der Waals surface area contributed by atoms with Gasteiger partial charge in [-0.3, -0.25) is 0 Å². The Morgan fingerprint density at radius 3 is 2.12 bits per heavy atom. The first kappa shape index (κ1) is 14.0. The van der Waals surface area contributed by atoms with Gasteiger partial charge >= 0.3 is 0 Å². The van der Waals surface area contributed by atoms with Gasteiger partial charge in [0.25, 0.3) is 0 Å². The molecule has 2 heteroatoms. The molecule has 0 spiro atoms. The van der Waals surface area contributed by atoms with Crippen molar-refractivity contribution in [3.05, 3.63) is 0 Å². The molecule has 0 radical (unpaired) electrons. The number of methoxy groups -OCH3 is 2. The highest BCUT2D eigenvalue weighted by atomic mass is 16.5. The molecule has 0 aromatic rings. The molecule has 1 saturated carbocycles. The quantitative estimate of drug-likeness (QED) is 0.718. The minimum Gasteiger partial charge on any atom is -0.384 e. The average Bonchev–Trinajstić information content (AvgIpc) is 2.17. The summed E-state index contributed by atoms with van der Waals surface area (Å²) in [5, 5.41) is 0. The molecular weight excluding hydrogens is 200 g/mol. The van der Waals surface area contributed by atoms with Crippen LogP contribution in [-0.4, -0.2) is 27.4 Å². The zero-order chi connectivity index (χ0) is 12.2. The van der Waals surface area contributed by atoms with E-state index in [1.54, 1.807) is 0 Å². The lowest BCUT2D eigenvalue weighted by molar-refractivity contribution is -0.0789. The van der Waals surface area contributed by atoms with Crippen LogP contribution in [0.4, 0.5) is 0 Å². The molecule has 2 nitrogen and oxygen atoms in total. The van der Waals surface area contributed by atoms with Crippen LogP contribution in [0.1, 0.15) is 40.0 Å². The van der Waals surface area contributed by atoms with Gasteiger partial charge in [-0.05, 0) is 30.6 Å². The van der Waals surface area contributed by atoms with Gasteiger partial charge in [-0.2, -0.15) is 0 Å². The van der Waals surface area contributed by atoms with Crippen molar-refractivity contribution < 1.29 is 9.47 Å². The van der Waals surface area contributed by atoms with Gasteiger partial charge in [0.05, 0.1) is 13.2 Å². The van der Waals surface area contributed by atoms with Gasteiger partial charge in [0.2, 0.25) is 0 Å². The Labute approximate surface area is 101 Å². The first-order valence-electron chi connectivity index (χ1n) is 6.53. The van der Waals surface area contributed by atoms with Crippen LogP contribution >= 0.6 is 0 Å². The minimum atomic E-state index is 0.245. The smallest absolute Gasteiger partial charge is 0.0543 e. The molecule has 0 bridgehead atoms. The minimum absolute atomic E-state index is 0.245. The van der Waals surface area contributed by atoms with Crippen LogP contribution in [0.3, 0.4) is 0 Å². The molecular formula is C14H28O2. The Morgan fingerprint density at radius 2 is 1.69 bits per heavy atom. The second-order valence-electron chi connectivity index (χ2n) is 5.97. The third-order valence-electron chi connectivity index (χ3n) is 4.18. The fourth-order valence-electron chi connectivity index (χ4n) is 3.71. The third-order valence-corrected chi connectivity index (χ3v) is 4.18. The summed E-state index contributed by atoms with van der Waals surface area (Å²) >= 11 is 0. The molecule has 1 aliphatic rings. The van der Waals surface area contributed by atoms with Crippen molar-refractivity contribution in [3.63, 3.8) is 0 Å². The van der Waals surface area contributed by atoms with E-state index < -0.39 is 0 Å². The molecule has 2 atom stereocenters. The predicted octanol–water partition coefficient (Wildman–Crippen LogP) is 3.36. The average molecular weight is 228 g/mol. The molecule has 0 aromatic carbocycles. The second kappa shape index (κ2) is 6.02. The highest BCUT2D eigenvalue weighted by molar-refractivity contribution is 4.93. The van der Waals surface area contributed by atoms with E-state index in [9.17, 15) is 0 Å². The maximum absolute atomic E-state index is 5.49. The number of rotatable bonds is 5. The maximum atomic E-state index is 5.49. The molecule has 0 aromatic heterocycles. The molecule has 0 aliphatic heterocycles. The van der Waals surface area contributed by atoms with Gasteiger partial charge < -0.3 is 9.47 Å². The van der Waals surface area contributed by atoms with E-state index in [-0.39, 0.29) is 5.41 Å². The van der Waals surface area contributed by atoms with Crippen LogP contribution in [-0.2, 0) is 9.47 Å². The van der Waals surface area contributed by atoms with Gasteiger partial charge in [0.15, 0.2) is 0 Å². The summed E-state index contributed by atoms with van der Waals surface area (Å²) in [6, 6.07) is 0. The van der Waals surface area contributed by atoms with Crippen LogP contribution < -0.4 is 0 Å². The fourth-order valence-corrected chi connectivity index (χ4v) is 3.71. The van der Waals surface area contributed by atoms with Crippen molar-refractivity contribution in [2.24, 2.45) is 23.2 Å². The molecule has 0 amide bonds. The zero-order valence-electron chi connectivity index (χ0n) is 11.6. The van der Waals surface area contributed by atoms with Crippen molar-refractivity contribution in [3.8, 4) is 0 Å². The summed E-state index contributed by atoms with van der Waals surface area (Å²) in [6.45, 7) is 8.71. The van der Waals surface area contributed by atoms with E-state index in [0.29, 0.717) is 0 Å². The Bertz CT molecular complexity index is 195. The van der Waals surface area contributed by atoms with E-state index in [4.69, 9.17) is 9.47 Å². The summed E-state index contributed by atoms with van der Waals surface area (Å²) in [5.41, 5.74) is 0.245. The lowest BCUT2D eigenvalue weighted by atomic mass is 9.60. The largest absolute Gasteiger partial charge is 0.384 e. The lowest BCUT2D eigenvalue weighted by Gasteiger charge is -2.47. The van der Waals surface area contributed by atoms with Crippen molar-refractivity contribution >= 4 is 0 Å². The number of ether oxygens (including phenoxy) is 2. The Hall–Kier alpha value is -0.0800. The van der Waals surface area contributed by atoms with E-state index in [2.05, 4.69) is 20.8 Å². The van der Waals surface area contributed by atoms with Gasteiger partial charge in [-0.25, -0.2) is 0 Å². The van der Waals surface area contributed by atoms with Crippen molar-refractivity contribution in [2.75, 3.05) is 27.4 Å². The second-order valence-corrected chi connectivity index (χ2v) is 5.97. The normalized spacial score (nSPS) is 29.6. The fraction of sp³-hybridized carbons (Fsp3) is 1.00. The molecule has 2 unspecified atom stereocenters. The molecule has 1 rings (SSSR count). The van der Waals surface area contributed by atoms with E-state index >= 15 is 0 Å². The standard InChI is InChI=1S/C14H28O2/c1-11(2)13-7-6-12(3)8-14(13,9-15-4)10-16-5/h11-13H,6-10H2,1-5H3. The number of hydrogen-bond acceptors (Lipinski definition) is 2. The first-order valence-corrected chi connectivity index (χ1v) is 6.53. The molecule has 0 saturated heterocycles. The molecule has 96 valence electrons. The summed E-state index contributed by atoms with van der Waals surface area (Å²) in [5.74, 6) is 2.27. The van der Waals surface area contributed by atoms with Crippen LogP contribution in [0, 0.1) is 23.2 Å². The summed E-state index contributed by atoms with van der Waals surface area (Å²) in [6.07, 6.45) is 3.93. The Kier molecular flexibility index (Phi) is 5.26. The third kappa shape index (κ3) is 2.98. The first-order chi connectivity index (χ1) is 7.55. The van der Waals surface area contributed by atoms with Crippen LogP contribution in [0.2, 0.25) is 0 Å². The van der Waals surface area contributed by atoms with Gasteiger partial charge in [-0.1, -0.05) is 27.2 Å². The summed E-state index contributed by atoms with van der Waals surface area (Å²) < 4.78 is 11.0. The topological polar surface area (TPSA) is 18.5 Å². The van der Waals surface area contributed by atoms with Crippen LogP contribution in [0.5, 0.6) is 0 Å². The number of hydrogen-bond donors (Lipinski definition) is 0. The maximum Gasteiger partial charge on any atom is 0.0543 e. The summed E-state index contributed by atoms with van der Waals surface area (Å²) in [7, 11) is 3.63. The molecule has 1 aliphatic carbocycles. The molecule has 16 heavy (non-hydrogen) atoms. The van der Waals surface area contributed by atoms with Gasteiger partial charge in [0, 0.05) is 19.6 Å². The SMILES string of the molecule is COCC1(COC)CC(C)CCC1C(C)C. The monoisotopic (exact) mass is 228 g/mol. The Morgan fingerprint density at radius 1 is 1.12 bits per heavy atom. The van der Waals surface area contributed by atoms with Crippen LogP contribution in [0.15, 0.2) is 0 Å². The molecule has 0 heterocycles. The zero-order valence-corrected chi connectivity index (χ0v) is 11.6. The lowest BCUT2D eigenvalue weighted by Crippen LogP contribution is -2.45.